The van der Waals surface area contributed by atoms with Gasteiger partial charge in [-0.25, -0.2) is 0 Å². The van der Waals surface area contributed by atoms with Crippen LogP contribution in [0, 0.1) is 0 Å². The van der Waals surface area contributed by atoms with E-state index in [1.165, 1.54) is 6.42 Å². The Balaban J connectivity index is 2.02. The summed E-state index contributed by atoms with van der Waals surface area (Å²) in [6, 6.07) is 7.91. The largest absolute Gasteiger partial charge is 0.350 e. The van der Waals surface area contributed by atoms with Crippen molar-refractivity contribution in [2.75, 3.05) is 0 Å². The monoisotopic (exact) mass is 249 g/mol. The molecule has 1 fully saturated rings. The van der Waals surface area contributed by atoms with Gasteiger partial charge in [0, 0.05) is 17.1 Å². The lowest BCUT2D eigenvalue weighted by Gasteiger charge is -2.25. The number of carbonyl (C=O) groups is 1. The first kappa shape index (κ1) is 12.2. The van der Waals surface area contributed by atoms with E-state index in [9.17, 15) is 4.79 Å². The fourth-order valence-corrected chi connectivity index (χ4v) is 2.00. The highest BCUT2D eigenvalue weighted by atomic mass is 35.5. The zero-order valence-electron chi connectivity index (χ0n) is 9.87. The normalized spacial score (nSPS) is 16.5. The highest BCUT2D eigenvalue weighted by molar-refractivity contribution is 6.30. The number of halogens is 1. The van der Waals surface area contributed by atoms with Gasteiger partial charge < -0.3 is 5.32 Å². The van der Waals surface area contributed by atoms with Gasteiger partial charge in [-0.05, 0) is 49.5 Å². The molecule has 0 heterocycles. The molecule has 0 saturated heterocycles. The Morgan fingerprint density at radius 3 is 2.82 bits per heavy atom. The van der Waals surface area contributed by atoms with Crippen molar-refractivity contribution < 1.29 is 4.79 Å². The molecule has 0 spiro atoms. The standard InChI is InChI=1S/C14H16ClNO/c1-10(11-4-2-5-12(15)9-11)8-14(17)16-13-6-3-7-13/h2,4-5,8-9,13H,3,6-7H2,1H3,(H,16,17)/b10-8-. The first-order chi connectivity index (χ1) is 8.15. The molecule has 0 aliphatic heterocycles. The third kappa shape index (κ3) is 3.34. The molecule has 0 bridgehead atoms. The highest BCUT2D eigenvalue weighted by Gasteiger charge is 2.18. The van der Waals surface area contributed by atoms with E-state index in [1.54, 1.807) is 6.08 Å². The van der Waals surface area contributed by atoms with Crippen LogP contribution < -0.4 is 5.32 Å². The van der Waals surface area contributed by atoms with Crippen LogP contribution in [0.15, 0.2) is 30.3 Å². The van der Waals surface area contributed by atoms with Gasteiger partial charge in [-0.1, -0.05) is 23.7 Å². The summed E-state index contributed by atoms with van der Waals surface area (Å²) in [6.45, 7) is 1.92. The summed E-state index contributed by atoms with van der Waals surface area (Å²) in [7, 11) is 0. The molecule has 0 aromatic heterocycles. The molecular formula is C14H16ClNO. The SMILES string of the molecule is C/C(=C/C(=O)NC1CCC1)c1cccc(Cl)c1. The third-order valence-corrected chi connectivity index (χ3v) is 3.31. The molecule has 2 rings (SSSR count). The maximum Gasteiger partial charge on any atom is 0.244 e. The number of amides is 1. The number of hydrogen-bond donors (Lipinski definition) is 1. The Labute approximate surface area is 107 Å². The molecule has 1 saturated carbocycles. The summed E-state index contributed by atoms with van der Waals surface area (Å²) >= 11 is 5.91. The molecule has 17 heavy (non-hydrogen) atoms. The molecule has 0 atom stereocenters. The van der Waals surface area contributed by atoms with Crippen LogP contribution in [0.3, 0.4) is 0 Å². The Morgan fingerprint density at radius 1 is 1.47 bits per heavy atom. The quantitative estimate of drug-likeness (QED) is 0.818. The summed E-state index contributed by atoms with van der Waals surface area (Å²) in [4.78, 5) is 11.7. The zero-order chi connectivity index (χ0) is 12.3. The predicted octanol–water partition coefficient (Wildman–Crippen LogP) is 3.41. The average Bonchev–Trinajstić information content (AvgIpc) is 2.23. The van der Waals surface area contributed by atoms with Crippen molar-refractivity contribution in [3.8, 4) is 0 Å². The van der Waals surface area contributed by atoms with E-state index in [0.717, 1.165) is 24.0 Å². The van der Waals surface area contributed by atoms with Gasteiger partial charge in [0.05, 0.1) is 0 Å². The van der Waals surface area contributed by atoms with E-state index in [0.29, 0.717) is 11.1 Å². The van der Waals surface area contributed by atoms with Crippen molar-refractivity contribution in [3.05, 3.63) is 40.9 Å². The molecule has 90 valence electrons. The third-order valence-electron chi connectivity index (χ3n) is 3.08. The number of carbonyl (C=O) groups excluding carboxylic acids is 1. The molecule has 1 aliphatic rings. The Kier molecular flexibility index (Phi) is 3.85. The van der Waals surface area contributed by atoms with Crippen LogP contribution in [0.2, 0.25) is 5.02 Å². The van der Waals surface area contributed by atoms with Crippen LogP contribution >= 0.6 is 11.6 Å². The summed E-state index contributed by atoms with van der Waals surface area (Å²) in [6.07, 6.45) is 5.08. The van der Waals surface area contributed by atoms with Crippen molar-refractivity contribution in [3.63, 3.8) is 0 Å². The summed E-state index contributed by atoms with van der Waals surface area (Å²) in [5, 5.41) is 3.67. The number of hydrogen-bond acceptors (Lipinski definition) is 1. The molecule has 1 aromatic rings. The van der Waals surface area contributed by atoms with Crippen molar-refractivity contribution in [2.45, 2.75) is 32.2 Å². The van der Waals surface area contributed by atoms with Crippen molar-refractivity contribution in [1.29, 1.82) is 0 Å². The minimum atomic E-state index is -0.00724. The smallest absolute Gasteiger partial charge is 0.244 e. The van der Waals surface area contributed by atoms with Crippen molar-refractivity contribution >= 4 is 23.1 Å². The van der Waals surface area contributed by atoms with Gasteiger partial charge in [0.25, 0.3) is 0 Å². The lowest BCUT2D eigenvalue weighted by molar-refractivity contribution is -0.117. The Hall–Kier alpha value is -1.28. The molecule has 1 aromatic carbocycles. The maximum absolute atomic E-state index is 11.7. The first-order valence-electron chi connectivity index (χ1n) is 5.90. The van der Waals surface area contributed by atoms with E-state index < -0.39 is 0 Å². The minimum absolute atomic E-state index is 0.00724. The lowest BCUT2D eigenvalue weighted by Crippen LogP contribution is -2.38. The van der Waals surface area contributed by atoms with Gasteiger partial charge in [0.15, 0.2) is 0 Å². The van der Waals surface area contributed by atoms with Gasteiger partial charge in [-0.2, -0.15) is 0 Å². The molecule has 2 nitrogen and oxygen atoms in total. The summed E-state index contributed by atoms with van der Waals surface area (Å²) < 4.78 is 0. The predicted molar refractivity (Wildman–Crippen MR) is 70.9 cm³/mol. The van der Waals surface area contributed by atoms with Crippen LogP contribution in [0.4, 0.5) is 0 Å². The van der Waals surface area contributed by atoms with Crippen molar-refractivity contribution in [2.24, 2.45) is 0 Å². The fraction of sp³-hybridized carbons (Fsp3) is 0.357. The second kappa shape index (κ2) is 5.37. The number of allylic oxidation sites excluding steroid dienone is 1. The van der Waals surface area contributed by atoms with Crippen molar-refractivity contribution in [1.82, 2.24) is 5.32 Å². The molecule has 0 unspecified atom stereocenters. The minimum Gasteiger partial charge on any atom is -0.350 e. The second-order valence-electron chi connectivity index (χ2n) is 4.47. The number of rotatable bonds is 3. The van der Waals surface area contributed by atoms with E-state index in [1.807, 2.05) is 31.2 Å². The van der Waals surface area contributed by atoms with E-state index in [2.05, 4.69) is 5.32 Å². The second-order valence-corrected chi connectivity index (χ2v) is 4.91. The topological polar surface area (TPSA) is 29.1 Å². The van der Waals surface area contributed by atoms with E-state index >= 15 is 0 Å². The number of benzene rings is 1. The molecule has 1 aliphatic carbocycles. The fourth-order valence-electron chi connectivity index (χ4n) is 1.81. The summed E-state index contributed by atoms with van der Waals surface area (Å²) in [5.74, 6) is -0.00724. The molecule has 1 amide bonds. The zero-order valence-corrected chi connectivity index (χ0v) is 10.6. The molecule has 1 N–H and O–H groups in total. The Bertz CT molecular complexity index is 449. The number of nitrogens with one attached hydrogen (secondary N) is 1. The molecule has 3 heteroatoms. The Morgan fingerprint density at radius 2 is 2.24 bits per heavy atom. The first-order valence-corrected chi connectivity index (χ1v) is 6.27. The van der Waals surface area contributed by atoms with Gasteiger partial charge in [-0.3, -0.25) is 4.79 Å². The highest BCUT2D eigenvalue weighted by Crippen LogP contribution is 2.20. The van der Waals surface area contributed by atoms with Gasteiger partial charge >= 0.3 is 0 Å². The van der Waals surface area contributed by atoms with Gasteiger partial charge in [0.2, 0.25) is 5.91 Å². The van der Waals surface area contributed by atoms with Crippen LogP contribution in [0.5, 0.6) is 0 Å². The van der Waals surface area contributed by atoms with E-state index in [-0.39, 0.29) is 5.91 Å². The van der Waals surface area contributed by atoms with Crippen LogP contribution in [0.25, 0.3) is 5.57 Å². The van der Waals surface area contributed by atoms with Crippen LogP contribution in [-0.4, -0.2) is 11.9 Å². The maximum atomic E-state index is 11.7. The van der Waals surface area contributed by atoms with Crippen LogP contribution in [-0.2, 0) is 4.79 Å². The van der Waals surface area contributed by atoms with Gasteiger partial charge in [0.1, 0.15) is 0 Å². The van der Waals surface area contributed by atoms with E-state index in [4.69, 9.17) is 11.6 Å². The van der Waals surface area contributed by atoms with Crippen LogP contribution in [0.1, 0.15) is 31.7 Å². The van der Waals surface area contributed by atoms with Gasteiger partial charge in [-0.15, -0.1) is 0 Å². The average molecular weight is 250 g/mol. The molecule has 0 radical (unpaired) electrons. The lowest BCUT2D eigenvalue weighted by atomic mass is 9.93. The molecular weight excluding hydrogens is 234 g/mol. The summed E-state index contributed by atoms with van der Waals surface area (Å²) in [5.41, 5.74) is 1.92.